The third-order valence-corrected chi connectivity index (χ3v) is 4.38. The number of ether oxygens (including phenoxy) is 2. The molecule has 7 nitrogen and oxygen atoms in total. The fourth-order valence-electron chi connectivity index (χ4n) is 3.24. The molecule has 4 rings (SSSR count). The molecule has 2 aliphatic rings. The van der Waals surface area contributed by atoms with E-state index in [2.05, 4.69) is 15.0 Å². The van der Waals surface area contributed by atoms with Crippen LogP contribution in [-0.4, -0.2) is 57.2 Å². The summed E-state index contributed by atoms with van der Waals surface area (Å²) in [6, 6.07) is 7.31. The van der Waals surface area contributed by atoms with Gasteiger partial charge in [0.05, 0.1) is 19.7 Å². The van der Waals surface area contributed by atoms with Crippen LogP contribution in [0.25, 0.3) is 0 Å². The van der Waals surface area contributed by atoms with Gasteiger partial charge in [0.1, 0.15) is 11.7 Å². The van der Waals surface area contributed by atoms with E-state index in [1.54, 1.807) is 29.6 Å². The minimum absolute atomic E-state index is 0.0545. The maximum absolute atomic E-state index is 12.3. The molecule has 0 aliphatic carbocycles. The number of carbonyl (C=O) groups is 1. The highest BCUT2D eigenvalue weighted by atomic mass is 16.5. The van der Waals surface area contributed by atoms with Gasteiger partial charge in [-0.1, -0.05) is 6.07 Å². The van der Waals surface area contributed by atoms with E-state index in [0.29, 0.717) is 25.6 Å². The van der Waals surface area contributed by atoms with E-state index in [1.165, 1.54) is 0 Å². The average molecular weight is 326 g/mol. The molecule has 0 unspecified atom stereocenters. The van der Waals surface area contributed by atoms with Crippen LogP contribution in [0.4, 0.5) is 0 Å². The Labute approximate surface area is 139 Å². The van der Waals surface area contributed by atoms with E-state index in [-0.39, 0.29) is 23.4 Å². The van der Waals surface area contributed by atoms with Gasteiger partial charge in [0.15, 0.2) is 0 Å². The molecule has 1 spiro atoms. The van der Waals surface area contributed by atoms with Crippen molar-refractivity contribution in [2.75, 3.05) is 19.7 Å². The van der Waals surface area contributed by atoms with Gasteiger partial charge in [-0.2, -0.15) is 0 Å². The molecule has 2 aromatic heterocycles. The van der Waals surface area contributed by atoms with Gasteiger partial charge in [-0.25, -0.2) is 15.0 Å². The van der Waals surface area contributed by atoms with Crippen molar-refractivity contribution >= 4 is 5.91 Å². The van der Waals surface area contributed by atoms with Crippen LogP contribution >= 0.6 is 0 Å². The topological polar surface area (TPSA) is 77.4 Å². The zero-order chi connectivity index (χ0) is 16.4. The highest BCUT2D eigenvalue weighted by Gasteiger charge is 2.50. The second kappa shape index (κ2) is 6.16. The number of hydrogen-bond acceptors (Lipinski definition) is 6. The lowest BCUT2D eigenvalue weighted by molar-refractivity contribution is -0.174. The molecule has 7 heteroatoms. The summed E-state index contributed by atoms with van der Waals surface area (Å²) in [6.07, 6.45) is 6.50. The molecule has 2 fully saturated rings. The molecule has 4 heterocycles. The highest BCUT2D eigenvalue weighted by molar-refractivity contribution is 5.91. The number of rotatable bonds is 3. The molecule has 2 aliphatic heterocycles. The van der Waals surface area contributed by atoms with Crippen LogP contribution in [-0.2, 0) is 4.74 Å². The van der Waals surface area contributed by atoms with Crippen molar-refractivity contribution in [2.45, 2.75) is 24.5 Å². The number of hydrogen-bond donors (Lipinski definition) is 0. The molecule has 1 amide bonds. The Morgan fingerprint density at radius 1 is 1.17 bits per heavy atom. The Hall–Kier alpha value is -2.54. The number of nitrogens with zero attached hydrogens (tertiary/aromatic N) is 4. The molecule has 0 bridgehead atoms. The van der Waals surface area contributed by atoms with Crippen LogP contribution in [0.15, 0.2) is 42.9 Å². The van der Waals surface area contributed by atoms with Gasteiger partial charge in [0, 0.05) is 37.5 Å². The Morgan fingerprint density at radius 3 is 2.71 bits per heavy atom. The predicted molar refractivity (Wildman–Crippen MR) is 84.5 cm³/mol. The first-order chi connectivity index (χ1) is 11.7. The predicted octanol–water partition coefficient (Wildman–Crippen LogP) is 1.32. The van der Waals surface area contributed by atoms with Gasteiger partial charge < -0.3 is 14.4 Å². The van der Waals surface area contributed by atoms with E-state index in [1.807, 2.05) is 18.2 Å². The standard InChI is InChI=1S/C17H18N4O3/c22-16(15-19-7-3-8-20-15)21-11-17(12-21)10-13(5-9-23-17)24-14-4-1-2-6-18-14/h1-4,6-8,13H,5,9-12H2/t13-/m1/s1. The van der Waals surface area contributed by atoms with Crippen LogP contribution in [0.1, 0.15) is 23.5 Å². The van der Waals surface area contributed by atoms with E-state index < -0.39 is 0 Å². The van der Waals surface area contributed by atoms with E-state index in [4.69, 9.17) is 9.47 Å². The summed E-state index contributed by atoms with van der Waals surface area (Å²) in [5, 5.41) is 0. The lowest BCUT2D eigenvalue weighted by Gasteiger charge is -2.52. The van der Waals surface area contributed by atoms with Crippen molar-refractivity contribution in [3.8, 4) is 5.88 Å². The molecule has 124 valence electrons. The third kappa shape index (κ3) is 2.94. The first-order valence-corrected chi connectivity index (χ1v) is 8.02. The van der Waals surface area contributed by atoms with Crippen LogP contribution in [0.2, 0.25) is 0 Å². The first-order valence-electron chi connectivity index (χ1n) is 8.02. The number of aromatic nitrogens is 3. The smallest absolute Gasteiger partial charge is 0.291 e. The molecule has 0 N–H and O–H groups in total. The third-order valence-electron chi connectivity index (χ3n) is 4.38. The van der Waals surface area contributed by atoms with Crippen molar-refractivity contribution in [1.82, 2.24) is 19.9 Å². The van der Waals surface area contributed by atoms with Gasteiger partial charge in [-0.3, -0.25) is 4.79 Å². The van der Waals surface area contributed by atoms with Gasteiger partial charge in [0.2, 0.25) is 11.7 Å². The van der Waals surface area contributed by atoms with Crippen LogP contribution in [0, 0.1) is 0 Å². The monoisotopic (exact) mass is 326 g/mol. The molecule has 0 aromatic carbocycles. The van der Waals surface area contributed by atoms with Crippen molar-refractivity contribution in [1.29, 1.82) is 0 Å². The fourth-order valence-corrected chi connectivity index (χ4v) is 3.24. The Bertz CT molecular complexity index is 704. The van der Waals surface area contributed by atoms with Gasteiger partial charge in [-0.05, 0) is 12.1 Å². The zero-order valence-corrected chi connectivity index (χ0v) is 13.2. The summed E-state index contributed by atoms with van der Waals surface area (Å²) in [5.41, 5.74) is -0.317. The van der Waals surface area contributed by atoms with E-state index in [9.17, 15) is 4.79 Å². The minimum atomic E-state index is -0.317. The van der Waals surface area contributed by atoms with Crippen molar-refractivity contribution in [3.63, 3.8) is 0 Å². The second-order valence-corrected chi connectivity index (χ2v) is 6.17. The summed E-state index contributed by atoms with van der Waals surface area (Å²) in [7, 11) is 0. The fraction of sp³-hybridized carbons (Fsp3) is 0.412. The van der Waals surface area contributed by atoms with E-state index >= 15 is 0 Å². The number of likely N-dealkylation sites (tertiary alicyclic amines) is 1. The van der Waals surface area contributed by atoms with Gasteiger partial charge in [-0.15, -0.1) is 0 Å². The molecular formula is C17H18N4O3. The quantitative estimate of drug-likeness (QED) is 0.847. The Balaban J connectivity index is 1.36. The van der Waals surface area contributed by atoms with Crippen molar-refractivity contribution < 1.29 is 14.3 Å². The molecule has 0 radical (unpaired) electrons. The SMILES string of the molecule is O=C(c1ncccn1)N1CC2(C[C@H](Oc3ccccn3)CCO2)C1. The number of amides is 1. The lowest BCUT2D eigenvalue weighted by atomic mass is 9.84. The van der Waals surface area contributed by atoms with Crippen molar-refractivity contribution in [2.24, 2.45) is 0 Å². The average Bonchev–Trinajstić information content (AvgIpc) is 2.61. The normalized spacial score (nSPS) is 22.0. The van der Waals surface area contributed by atoms with Crippen LogP contribution in [0.3, 0.4) is 0 Å². The number of carbonyl (C=O) groups excluding carboxylic acids is 1. The summed E-state index contributed by atoms with van der Waals surface area (Å²) in [6.45, 7) is 1.72. The summed E-state index contributed by atoms with van der Waals surface area (Å²) < 4.78 is 11.9. The molecule has 2 saturated heterocycles. The van der Waals surface area contributed by atoms with Gasteiger partial charge >= 0.3 is 0 Å². The molecule has 2 aromatic rings. The van der Waals surface area contributed by atoms with Crippen LogP contribution in [0.5, 0.6) is 5.88 Å². The summed E-state index contributed by atoms with van der Waals surface area (Å²) in [4.78, 5) is 26.3. The van der Waals surface area contributed by atoms with E-state index in [0.717, 1.165) is 12.8 Å². The Kier molecular flexibility index (Phi) is 3.86. The molecule has 24 heavy (non-hydrogen) atoms. The number of pyridine rings is 1. The van der Waals surface area contributed by atoms with Crippen LogP contribution < -0.4 is 4.74 Å². The zero-order valence-electron chi connectivity index (χ0n) is 13.2. The molecule has 0 saturated carbocycles. The van der Waals surface area contributed by atoms with Gasteiger partial charge in [0.25, 0.3) is 5.91 Å². The molecular weight excluding hydrogens is 308 g/mol. The highest BCUT2D eigenvalue weighted by Crippen LogP contribution is 2.36. The Morgan fingerprint density at radius 2 is 1.96 bits per heavy atom. The summed E-state index contributed by atoms with van der Waals surface area (Å²) in [5.74, 6) is 0.700. The first kappa shape index (κ1) is 15.0. The van der Waals surface area contributed by atoms with Crippen molar-refractivity contribution in [3.05, 3.63) is 48.7 Å². The minimum Gasteiger partial charge on any atom is -0.474 e. The summed E-state index contributed by atoms with van der Waals surface area (Å²) >= 11 is 0. The maximum Gasteiger partial charge on any atom is 0.291 e. The lowest BCUT2D eigenvalue weighted by Crippen LogP contribution is -2.67. The largest absolute Gasteiger partial charge is 0.474 e. The second-order valence-electron chi connectivity index (χ2n) is 6.17. The maximum atomic E-state index is 12.3. The molecule has 1 atom stereocenters.